The van der Waals surface area contributed by atoms with Crippen molar-refractivity contribution in [2.75, 3.05) is 53.6 Å². The molecule has 1 N–H and O–H groups in total. The fourth-order valence-corrected chi connectivity index (χ4v) is 4.20. The number of nitrogens with one attached hydrogen (secondary N) is 1. The normalized spacial score (nSPS) is 21.3. The molecular formula is C22H30N4O2. The van der Waals surface area contributed by atoms with E-state index in [1.54, 1.807) is 7.11 Å². The molecule has 0 spiro atoms. The lowest BCUT2D eigenvalue weighted by Gasteiger charge is -2.32. The summed E-state index contributed by atoms with van der Waals surface area (Å²) in [5.74, 6) is 1.88. The van der Waals surface area contributed by atoms with Crippen LogP contribution in [0.5, 0.6) is 5.75 Å². The first kappa shape index (κ1) is 19.0. The van der Waals surface area contributed by atoms with Gasteiger partial charge < -0.3 is 19.7 Å². The summed E-state index contributed by atoms with van der Waals surface area (Å²) in [6.45, 7) is 6.68. The van der Waals surface area contributed by atoms with E-state index in [2.05, 4.69) is 50.4 Å². The quantitative estimate of drug-likeness (QED) is 0.650. The Morgan fingerprint density at radius 1 is 1.14 bits per heavy atom. The molecule has 2 aliphatic rings. The van der Waals surface area contributed by atoms with Crippen molar-refractivity contribution in [1.29, 1.82) is 0 Å². The number of hydrogen-bond donors (Lipinski definition) is 1. The average molecular weight is 383 g/mol. The van der Waals surface area contributed by atoms with Gasteiger partial charge in [-0.1, -0.05) is 18.2 Å². The molecule has 2 aromatic carbocycles. The van der Waals surface area contributed by atoms with E-state index in [-0.39, 0.29) is 0 Å². The van der Waals surface area contributed by atoms with Gasteiger partial charge in [0.1, 0.15) is 5.75 Å². The minimum Gasteiger partial charge on any atom is -0.497 e. The SMILES string of the molecule is CN=C(NCc1ccc2cc(OC)ccc2c1)N1CCC(N2CCOCC2)C1. The molecule has 0 aliphatic carbocycles. The average Bonchev–Trinajstić information content (AvgIpc) is 3.24. The van der Waals surface area contributed by atoms with E-state index in [9.17, 15) is 0 Å². The highest BCUT2D eigenvalue weighted by Crippen LogP contribution is 2.22. The fourth-order valence-electron chi connectivity index (χ4n) is 4.20. The number of fused-ring (bicyclic) bond motifs is 1. The second-order valence-electron chi connectivity index (χ2n) is 7.49. The molecule has 28 heavy (non-hydrogen) atoms. The van der Waals surface area contributed by atoms with E-state index in [0.29, 0.717) is 6.04 Å². The molecule has 0 bridgehead atoms. The smallest absolute Gasteiger partial charge is 0.193 e. The summed E-state index contributed by atoms with van der Waals surface area (Å²) < 4.78 is 10.8. The molecule has 2 heterocycles. The topological polar surface area (TPSA) is 49.3 Å². The first-order chi connectivity index (χ1) is 13.8. The van der Waals surface area contributed by atoms with E-state index in [1.165, 1.54) is 22.8 Å². The second kappa shape index (κ2) is 8.80. The maximum Gasteiger partial charge on any atom is 0.193 e. The Labute approximate surface area is 167 Å². The third kappa shape index (κ3) is 4.23. The minimum absolute atomic E-state index is 0.609. The number of methoxy groups -OCH3 is 1. The van der Waals surface area contributed by atoms with Gasteiger partial charge in [-0.05, 0) is 41.0 Å². The highest BCUT2D eigenvalue weighted by atomic mass is 16.5. The predicted molar refractivity (Wildman–Crippen MR) is 113 cm³/mol. The number of morpholine rings is 1. The van der Waals surface area contributed by atoms with Gasteiger partial charge in [-0.2, -0.15) is 0 Å². The Morgan fingerprint density at radius 3 is 2.71 bits per heavy atom. The number of hydrogen-bond acceptors (Lipinski definition) is 4. The summed E-state index contributed by atoms with van der Waals surface area (Å²) in [5.41, 5.74) is 1.25. The molecule has 6 nitrogen and oxygen atoms in total. The Hall–Kier alpha value is -2.31. The molecule has 0 radical (unpaired) electrons. The van der Waals surface area contributed by atoms with Crippen LogP contribution < -0.4 is 10.1 Å². The third-order valence-corrected chi connectivity index (χ3v) is 5.80. The van der Waals surface area contributed by atoms with Crippen LogP contribution in [0.2, 0.25) is 0 Å². The van der Waals surface area contributed by atoms with Gasteiger partial charge in [0.15, 0.2) is 5.96 Å². The zero-order valence-electron chi connectivity index (χ0n) is 16.9. The number of aliphatic imine (C=N–C) groups is 1. The van der Waals surface area contributed by atoms with Gasteiger partial charge in [0.2, 0.25) is 0 Å². The van der Waals surface area contributed by atoms with Crippen molar-refractivity contribution in [1.82, 2.24) is 15.1 Å². The maximum absolute atomic E-state index is 5.49. The Balaban J connectivity index is 1.36. The lowest BCUT2D eigenvalue weighted by Crippen LogP contribution is -2.46. The number of rotatable bonds is 4. The predicted octanol–water partition coefficient (Wildman–Crippen LogP) is 2.33. The molecule has 2 aromatic rings. The molecule has 0 aromatic heterocycles. The van der Waals surface area contributed by atoms with Gasteiger partial charge in [-0.15, -0.1) is 0 Å². The summed E-state index contributed by atoms with van der Waals surface area (Å²) in [4.78, 5) is 9.47. The molecule has 0 amide bonds. The van der Waals surface area contributed by atoms with Crippen LogP contribution >= 0.6 is 0 Å². The van der Waals surface area contributed by atoms with Crippen LogP contribution in [-0.2, 0) is 11.3 Å². The van der Waals surface area contributed by atoms with E-state index in [1.807, 2.05) is 13.1 Å². The number of nitrogens with zero attached hydrogens (tertiary/aromatic N) is 3. The van der Waals surface area contributed by atoms with E-state index in [4.69, 9.17) is 9.47 Å². The summed E-state index contributed by atoms with van der Waals surface area (Å²) in [6.07, 6.45) is 1.19. The van der Waals surface area contributed by atoms with Crippen molar-refractivity contribution in [3.8, 4) is 5.75 Å². The molecular weight excluding hydrogens is 352 g/mol. The maximum atomic E-state index is 5.49. The Kier molecular flexibility index (Phi) is 5.98. The van der Waals surface area contributed by atoms with Crippen LogP contribution in [0.1, 0.15) is 12.0 Å². The minimum atomic E-state index is 0.609. The monoisotopic (exact) mass is 382 g/mol. The van der Waals surface area contributed by atoms with Crippen LogP contribution in [0.3, 0.4) is 0 Å². The lowest BCUT2D eigenvalue weighted by molar-refractivity contribution is 0.0195. The van der Waals surface area contributed by atoms with Gasteiger partial charge in [-0.25, -0.2) is 0 Å². The largest absolute Gasteiger partial charge is 0.497 e. The second-order valence-corrected chi connectivity index (χ2v) is 7.49. The van der Waals surface area contributed by atoms with Gasteiger partial charge in [0.25, 0.3) is 0 Å². The number of likely N-dealkylation sites (tertiary alicyclic amines) is 1. The standard InChI is InChI=1S/C22H30N4O2/c1-23-22(26-8-7-20(16-26)25-9-11-28-12-10-25)24-15-17-3-4-19-14-21(27-2)6-5-18(19)13-17/h3-6,13-14,20H,7-12,15-16H2,1-2H3,(H,23,24). The molecule has 6 heteroatoms. The molecule has 4 rings (SSSR count). The van der Waals surface area contributed by atoms with Crippen molar-refractivity contribution in [3.63, 3.8) is 0 Å². The van der Waals surface area contributed by atoms with Crippen molar-refractivity contribution in [2.45, 2.75) is 19.0 Å². The number of guanidine groups is 1. The van der Waals surface area contributed by atoms with Crippen LogP contribution in [0.25, 0.3) is 10.8 Å². The van der Waals surface area contributed by atoms with Crippen molar-refractivity contribution >= 4 is 16.7 Å². The molecule has 1 unspecified atom stereocenters. The molecule has 1 atom stereocenters. The van der Waals surface area contributed by atoms with Crippen molar-refractivity contribution < 1.29 is 9.47 Å². The van der Waals surface area contributed by atoms with E-state index >= 15 is 0 Å². The first-order valence-electron chi connectivity index (χ1n) is 10.1. The summed E-state index contributed by atoms with van der Waals surface area (Å²) in [5, 5.41) is 5.97. The van der Waals surface area contributed by atoms with Gasteiger partial charge in [-0.3, -0.25) is 9.89 Å². The van der Waals surface area contributed by atoms with Gasteiger partial charge in [0, 0.05) is 45.8 Å². The molecule has 2 aliphatic heterocycles. The molecule has 0 saturated carbocycles. The summed E-state index contributed by atoms with van der Waals surface area (Å²) in [7, 11) is 3.57. The van der Waals surface area contributed by atoms with Gasteiger partial charge in [0.05, 0.1) is 20.3 Å². The lowest BCUT2D eigenvalue weighted by atomic mass is 10.1. The van der Waals surface area contributed by atoms with Crippen LogP contribution in [0.4, 0.5) is 0 Å². The molecule has 2 saturated heterocycles. The zero-order chi connectivity index (χ0) is 19.3. The van der Waals surface area contributed by atoms with Crippen molar-refractivity contribution in [2.24, 2.45) is 4.99 Å². The van der Waals surface area contributed by atoms with Crippen LogP contribution in [0, 0.1) is 0 Å². The van der Waals surface area contributed by atoms with E-state index < -0.39 is 0 Å². The first-order valence-corrected chi connectivity index (χ1v) is 10.1. The molecule has 150 valence electrons. The zero-order valence-corrected chi connectivity index (χ0v) is 16.9. The van der Waals surface area contributed by atoms with Gasteiger partial charge >= 0.3 is 0 Å². The molecule has 2 fully saturated rings. The summed E-state index contributed by atoms with van der Waals surface area (Å²) in [6, 6.07) is 13.4. The highest BCUT2D eigenvalue weighted by molar-refractivity contribution is 5.85. The summed E-state index contributed by atoms with van der Waals surface area (Å²) >= 11 is 0. The highest BCUT2D eigenvalue weighted by Gasteiger charge is 2.30. The number of benzene rings is 2. The fraction of sp³-hybridized carbons (Fsp3) is 0.500. The Bertz CT molecular complexity index is 832. The number of ether oxygens (including phenoxy) is 2. The Morgan fingerprint density at radius 2 is 1.93 bits per heavy atom. The van der Waals surface area contributed by atoms with Crippen LogP contribution in [0.15, 0.2) is 41.4 Å². The van der Waals surface area contributed by atoms with E-state index in [0.717, 1.165) is 57.6 Å². The third-order valence-electron chi connectivity index (χ3n) is 5.80. The van der Waals surface area contributed by atoms with Crippen molar-refractivity contribution in [3.05, 3.63) is 42.0 Å². The van der Waals surface area contributed by atoms with Crippen LogP contribution in [-0.4, -0.2) is 75.4 Å².